The fourth-order valence-electron chi connectivity index (χ4n) is 10.0. The lowest BCUT2D eigenvalue weighted by atomic mass is 9.95. The zero-order chi connectivity index (χ0) is 45.0. The van der Waals surface area contributed by atoms with E-state index in [1.807, 2.05) is 18.2 Å². The smallest absolute Gasteiger partial charge is 0.238 e. The lowest BCUT2D eigenvalue weighted by molar-refractivity contribution is 0.954. The largest absolute Gasteiger partial charge is 0.309 e. The van der Waals surface area contributed by atoms with Crippen molar-refractivity contribution in [3.05, 3.63) is 249 Å². The van der Waals surface area contributed by atoms with E-state index < -0.39 is 0 Å². The van der Waals surface area contributed by atoms with Gasteiger partial charge in [-0.25, -0.2) is 4.98 Å². The molecule has 0 amide bonds. The first-order valence-electron chi connectivity index (χ1n) is 23.0. The Morgan fingerprint density at radius 3 is 1.22 bits per heavy atom. The topological polar surface area (TPSA) is 48.5 Å². The number of hydrogen-bond acceptors (Lipinski definition) is 3. The van der Waals surface area contributed by atoms with Gasteiger partial charge >= 0.3 is 0 Å². The summed E-state index contributed by atoms with van der Waals surface area (Å²) in [6, 6.07) is 88.2. The molecule has 13 rings (SSSR count). The quantitative estimate of drug-likeness (QED) is 0.153. The number of fused-ring (bicyclic) bond motifs is 6. The van der Waals surface area contributed by atoms with Gasteiger partial charge in [0.15, 0.2) is 11.6 Å². The third-order valence-electron chi connectivity index (χ3n) is 13.2. The zero-order valence-electron chi connectivity index (χ0n) is 36.9. The molecule has 3 heterocycles. The van der Waals surface area contributed by atoms with Crippen LogP contribution in [0.2, 0.25) is 0 Å². The van der Waals surface area contributed by atoms with E-state index in [1.54, 1.807) is 0 Å². The molecule has 13 aromatic rings. The summed E-state index contributed by atoms with van der Waals surface area (Å²) < 4.78 is 4.64. The molecule has 0 unspecified atom stereocenters. The number of hydrogen-bond donors (Lipinski definition) is 0. The van der Waals surface area contributed by atoms with Crippen LogP contribution in [-0.2, 0) is 0 Å². The van der Waals surface area contributed by atoms with Crippen molar-refractivity contribution in [2.75, 3.05) is 0 Å². The van der Waals surface area contributed by atoms with Crippen LogP contribution in [0.25, 0.3) is 123 Å². The first-order valence-corrected chi connectivity index (χ1v) is 23.0. The Morgan fingerprint density at radius 1 is 0.250 bits per heavy atom. The van der Waals surface area contributed by atoms with Crippen LogP contribution in [-0.4, -0.2) is 24.1 Å². The van der Waals surface area contributed by atoms with Crippen molar-refractivity contribution in [1.82, 2.24) is 24.1 Å². The molecule has 0 bridgehead atoms. The highest BCUT2D eigenvalue weighted by Crippen LogP contribution is 2.42. The fraction of sp³-hybridized carbons (Fsp3) is 0. The molecule has 0 radical (unpaired) electrons. The van der Waals surface area contributed by atoms with E-state index >= 15 is 0 Å². The standard InChI is InChI=1S/C63H41N5/c1-5-19-42(20-6-1)49-40-54(45-23-9-3-10-24-45)60-55(41-49)52-29-15-18-32-58(52)68(60)63-65-61(46-25-11-4-12-26-46)64-62(66-63)47-35-33-43(34-36-47)48-37-38-59(53(39-48)44-21-7-2-8-22-44)67-56-30-16-13-27-50(56)51-28-14-17-31-57(51)67/h1-41H. The lowest BCUT2D eigenvalue weighted by Gasteiger charge is -2.16. The normalized spacial score (nSPS) is 11.5. The molecule has 0 aliphatic rings. The van der Waals surface area contributed by atoms with E-state index in [4.69, 9.17) is 15.0 Å². The Balaban J connectivity index is 0.975. The highest BCUT2D eigenvalue weighted by Gasteiger charge is 2.22. The van der Waals surface area contributed by atoms with Crippen molar-refractivity contribution in [2.45, 2.75) is 0 Å². The van der Waals surface area contributed by atoms with Crippen molar-refractivity contribution in [2.24, 2.45) is 0 Å². The molecule has 68 heavy (non-hydrogen) atoms. The molecule has 5 heteroatoms. The Hall–Kier alpha value is -9.19. The number of aromatic nitrogens is 5. The molecule has 318 valence electrons. The minimum absolute atomic E-state index is 0.557. The third kappa shape index (κ3) is 6.68. The van der Waals surface area contributed by atoms with Crippen molar-refractivity contribution in [1.29, 1.82) is 0 Å². The predicted molar refractivity (Wildman–Crippen MR) is 281 cm³/mol. The van der Waals surface area contributed by atoms with Gasteiger partial charge in [-0.05, 0) is 75.8 Å². The minimum atomic E-state index is 0.557. The van der Waals surface area contributed by atoms with E-state index in [-0.39, 0.29) is 0 Å². The van der Waals surface area contributed by atoms with Crippen LogP contribution < -0.4 is 0 Å². The molecule has 0 aliphatic carbocycles. The average molecular weight is 868 g/mol. The molecule has 3 aromatic heterocycles. The summed E-state index contributed by atoms with van der Waals surface area (Å²) in [5.41, 5.74) is 16.5. The molecule has 0 aliphatic heterocycles. The highest BCUT2D eigenvalue weighted by molar-refractivity contribution is 6.15. The van der Waals surface area contributed by atoms with Gasteiger partial charge < -0.3 is 4.57 Å². The van der Waals surface area contributed by atoms with Crippen LogP contribution >= 0.6 is 0 Å². The third-order valence-corrected chi connectivity index (χ3v) is 13.2. The van der Waals surface area contributed by atoms with Crippen LogP contribution in [0.3, 0.4) is 0 Å². The second-order valence-electron chi connectivity index (χ2n) is 17.2. The van der Waals surface area contributed by atoms with Crippen LogP contribution in [0, 0.1) is 0 Å². The summed E-state index contributed by atoms with van der Waals surface area (Å²) in [4.78, 5) is 15.9. The van der Waals surface area contributed by atoms with Gasteiger partial charge in [0.2, 0.25) is 5.95 Å². The summed E-state index contributed by atoms with van der Waals surface area (Å²) >= 11 is 0. The molecule has 0 saturated heterocycles. The summed E-state index contributed by atoms with van der Waals surface area (Å²) in [5, 5.41) is 4.74. The highest BCUT2D eigenvalue weighted by atomic mass is 15.2. The Labute approximate surface area is 393 Å². The molecule has 0 spiro atoms. The van der Waals surface area contributed by atoms with Crippen molar-refractivity contribution >= 4 is 43.6 Å². The van der Waals surface area contributed by atoms with Crippen molar-refractivity contribution < 1.29 is 0 Å². The maximum Gasteiger partial charge on any atom is 0.238 e. The van der Waals surface area contributed by atoms with Gasteiger partial charge in [0.05, 0.1) is 27.8 Å². The van der Waals surface area contributed by atoms with Gasteiger partial charge in [0, 0.05) is 43.8 Å². The molecule has 0 N–H and O–H groups in total. The molecule has 5 nitrogen and oxygen atoms in total. The number of rotatable bonds is 8. The average Bonchev–Trinajstić information content (AvgIpc) is 3.94. The number of nitrogens with zero attached hydrogens (tertiary/aromatic N) is 5. The maximum absolute atomic E-state index is 5.37. The van der Waals surface area contributed by atoms with Gasteiger partial charge in [-0.1, -0.05) is 206 Å². The first kappa shape index (κ1) is 39.2. The van der Waals surface area contributed by atoms with E-state index in [0.29, 0.717) is 17.6 Å². The summed E-state index contributed by atoms with van der Waals surface area (Å²) in [6.07, 6.45) is 0. The monoisotopic (exact) mass is 867 g/mol. The van der Waals surface area contributed by atoms with E-state index in [9.17, 15) is 0 Å². The van der Waals surface area contributed by atoms with Crippen molar-refractivity contribution in [3.63, 3.8) is 0 Å². The molecule has 0 saturated carbocycles. The van der Waals surface area contributed by atoms with Crippen molar-refractivity contribution in [3.8, 4) is 78.9 Å². The molecular weight excluding hydrogens is 827 g/mol. The van der Waals surface area contributed by atoms with E-state index in [2.05, 4.69) is 240 Å². The summed E-state index contributed by atoms with van der Waals surface area (Å²) in [6.45, 7) is 0. The van der Waals surface area contributed by atoms with Gasteiger partial charge in [0.1, 0.15) is 0 Å². The van der Waals surface area contributed by atoms with E-state index in [0.717, 1.165) is 83.1 Å². The van der Waals surface area contributed by atoms with Crippen LogP contribution in [0.4, 0.5) is 0 Å². The Bertz CT molecular complexity index is 3930. The first-order chi connectivity index (χ1) is 33.7. The fourth-order valence-corrected chi connectivity index (χ4v) is 10.0. The van der Waals surface area contributed by atoms with Gasteiger partial charge in [-0.15, -0.1) is 0 Å². The molecular formula is C63H41N5. The van der Waals surface area contributed by atoms with Crippen LogP contribution in [0.15, 0.2) is 249 Å². The van der Waals surface area contributed by atoms with Gasteiger partial charge in [-0.3, -0.25) is 4.57 Å². The molecule has 0 atom stereocenters. The predicted octanol–water partition coefficient (Wildman–Crippen LogP) is 16.1. The molecule has 10 aromatic carbocycles. The zero-order valence-corrected chi connectivity index (χ0v) is 36.9. The Kier molecular flexibility index (Phi) is 9.43. The Morgan fingerprint density at radius 2 is 0.647 bits per heavy atom. The minimum Gasteiger partial charge on any atom is -0.309 e. The SMILES string of the molecule is c1ccc(-c2cc(-c3ccccc3)c3c(c2)c2ccccc2n3-c2nc(-c3ccccc3)nc(-c3ccc(-c4ccc(-n5c6ccccc6c6ccccc65)c(-c5ccccc5)c4)cc3)n2)cc1. The van der Waals surface area contributed by atoms with Gasteiger partial charge in [-0.2, -0.15) is 9.97 Å². The number of para-hydroxylation sites is 3. The van der Waals surface area contributed by atoms with Crippen LogP contribution in [0.1, 0.15) is 0 Å². The second kappa shape index (κ2) is 16.4. The number of benzene rings is 10. The summed E-state index contributed by atoms with van der Waals surface area (Å²) in [7, 11) is 0. The van der Waals surface area contributed by atoms with Crippen LogP contribution in [0.5, 0.6) is 0 Å². The molecule has 0 fully saturated rings. The van der Waals surface area contributed by atoms with E-state index in [1.165, 1.54) is 21.8 Å². The summed E-state index contributed by atoms with van der Waals surface area (Å²) in [5.74, 6) is 1.76. The maximum atomic E-state index is 5.37. The van der Waals surface area contributed by atoms with Gasteiger partial charge in [0.25, 0.3) is 0 Å². The lowest BCUT2D eigenvalue weighted by Crippen LogP contribution is -2.07. The second-order valence-corrected chi connectivity index (χ2v) is 17.2.